The van der Waals surface area contributed by atoms with E-state index in [-0.39, 0.29) is 11.1 Å². The molecular weight excluding hydrogens is 278 g/mol. The molecule has 0 spiro atoms. The van der Waals surface area contributed by atoms with E-state index in [0.717, 1.165) is 5.69 Å². The molecule has 3 rings (SSSR count). The van der Waals surface area contributed by atoms with Crippen LogP contribution in [-0.2, 0) is 4.79 Å². The summed E-state index contributed by atoms with van der Waals surface area (Å²) in [7, 11) is 0. The van der Waals surface area contributed by atoms with Crippen molar-refractivity contribution in [2.75, 3.05) is 17.2 Å². The van der Waals surface area contributed by atoms with Gasteiger partial charge in [-0.2, -0.15) is 0 Å². The van der Waals surface area contributed by atoms with Crippen molar-refractivity contribution in [3.05, 3.63) is 47.7 Å². The van der Waals surface area contributed by atoms with Crippen LogP contribution in [0, 0.1) is 0 Å². The zero-order valence-electron chi connectivity index (χ0n) is 10.5. The van der Waals surface area contributed by atoms with Gasteiger partial charge in [-0.05, 0) is 24.3 Å². The monoisotopic (exact) mass is 289 g/mol. The molecule has 0 bridgehead atoms. The number of anilines is 2. The summed E-state index contributed by atoms with van der Waals surface area (Å²) in [5, 5.41) is 6.13. The Bertz CT molecular complexity index is 648. The number of para-hydroxylation sites is 2. The Morgan fingerprint density at radius 3 is 3.05 bits per heavy atom. The normalized spacial score (nSPS) is 16.6. The molecule has 5 nitrogen and oxygen atoms in total. The summed E-state index contributed by atoms with van der Waals surface area (Å²) in [5.41, 5.74) is 1.36. The number of carbonyl (C=O) groups excluding carboxylic acids is 1. The number of aromatic nitrogens is 1. The van der Waals surface area contributed by atoms with E-state index in [4.69, 9.17) is 16.3 Å². The lowest BCUT2D eigenvalue weighted by atomic mass is 10.2. The van der Waals surface area contributed by atoms with E-state index in [1.807, 2.05) is 24.3 Å². The molecule has 1 atom stereocenters. The molecule has 1 aromatic heterocycles. The van der Waals surface area contributed by atoms with E-state index >= 15 is 0 Å². The van der Waals surface area contributed by atoms with Crippen molar-refractivity contribution in [1.82, 2.24) is 4.98 Å². The first-order chi connectivity index (χ1) is 9.74. The maximum atomic E-state index is 12.2. The van der Waals surface area contributed by atoms with Gasteiger partial charge in [-0.15, -0.1) is 0 Å². The predicted molar refractivity (Wildman–Crippen MR) is 77.2 cm³/mol. The zero-order chi connectivity index (χ0) is 13.9. The highest BCUT2D eigenvalue weighted by Crippen LogP contribution is 2.28. The Morgan fingerprint density at radius 2 is 2.20 bits per heavy atom. The number of hydrogen-bond donors (Lipinski definition) is 2. The number of pyridine rings is 1. The van der Waals surface area contributed by atoms with E-state index in [9.17, 15) is 4.79 Å². The molecule has 0 radical (unpaired) electrons. The molecule has 102 valence electrons. The minimum atomic E-state index is -0.610. The fourth-order valence-electron chi connectivity index (χ4n) is 1.95. The van der Waals surface area contributed by atoms with Crippen LogP contribution < -0.4 is 15.4 Å². The van der Waals surface area contributed by atoms with Gasteiger partial charge in [-0.1, -0.05) is 23.7 Å². The lowest BCUT2D eigenvalue weighted by Crippen LogP contribution is -2.41. The molecule has 1 unspecified atom stereocenters. The van der Waals surface area contributed by atoms with Crippen molar-refractivity contribution < 1.29 is 9.53 Å². The van der Waals surface area contributed by atoms with Crippen LogP contribution >= 0.6 is 11.6 Å². The first-order valence-corrected chi connectivity index (χ1v) is 6.53. The second-order valence-electron chi connectivity index (χ2n) is 4.31. The number of nitrogens with one attached hydrogen (secondary N) is 2. The quantitative estimate of drug-likeness (QED) is 0.834. The standard InChI is InChI=1S/C14H12ClN3O2/c15-13-10(5-3-7-16-13)18-14(19)12-8-17-9-4-1-2-6-11(9)20-12/h1-7,12,17H,8H2,(H,18,19). The molecule has 2 N–H and O–H groups in total. The van der Waals surface area contributed by atoms with E-state index < -0.39 is 6.10 Å². The van der Waals surface area contributed by atoms with Crippen molar-refractivity contribution in [3.8, 4) is 5.75 Å². The van der Waals surface area contributed by atoms with Gasteiger partial charge < -0.3 is 15.4 Å². The smallest absolute Gasteiger partial charge is 0.267 e. The topological polar surface area (TPSA) is 63.2 Å². The van der Waals surface area contributed by atoms with Crippen LogP contribution in [-0.4, -0.2) is 23.5 Å². The fourth-order valence-corrected chi connectivity index (χ4v) is 2.12. The van der Waals surface area contributed by atoms with Crippen LogP contribution in [0.15, 0.2) is 42.6 Å². The Kier molecular flexibility index (Phi) is 3.43. The molecule has 0 saturated heterocycles. The number of hydrogen-bond acceptors (Lipinski definition) is 4. The average molecular weight is 290 g/mol. The number of ether oxygens (including phenoxy) is 1. The number of halogens is 1. The molecule has 0 saturated carbocycles. The minimum Gasteiger partial charge on any atom is -0.477 e. The van der Waals surface area contributed by atoms with Gasteiger partial charge in [0.15, 0.2) is 11.3 Å². The number of amides is 1. The third kappa shape index (κ3) is 2.53. The van der Waals surface area contributed by atoms with Gasteiger partial charge in [0.05, 0.1) is 17.9 Å². The maximum Gasteiger partial charge on any atom is 0.267 e. The average Bonchev–Trinajstić information content (AvgIpc) is 2.49. The summed E-state index contributed by atoms with van der Waals surface area (Å²) >= 11 is 5.91. The summed E-state index contributed by atoms with van der Waals surface area (Å²) in [6.45, 7) is 0.403. The second kappa shape index (κ2) is 5.38. The lowest BCUT2D eigenvalue weighted by Gasteiger charge is -2.26. The van der Waals surface area contributed by atoms with Gasteiger partial charge in [-0.25, -0.2) is 4.98 Å². The van der Waals surface area contributed by atoms with Gasteiger partial charge in [0.25, 0.3) is 5.91 Å². The van der Waals surface area contributed by atoms with E-state index in [1.54, 1.807) is 18.3 Å². The van der Waals surface area contributed by atoms with E-state index in [2.05, 4.69) is 15.6 Å². The van der Waals surface area contributed by atoms with Crippen molar-refractivity contribution in [3.63, 3.8) is 0 Å². The number of benzene rings is 1. The fraction of sp³-hybridized carbons (Fsp3) is 0.143. The highest BCUT2D eigenvalue weighted by molar-refractivity contribution is 6.32. The molecule has 1 amide bonds. The molecule has 2 aromatic rings. The summed E-state index contributed by atoms with van der Waals surface area (Å²) in [5.74, 6) is 0.401. The first-order valence-electron chi connectivity index (χ1n) is 6.15. The second-order valence-corrected chi connectivity index (χ2v) is 4.67. The van der Waals surface area contributed by atoms with Crippen LogP contribution in [0.3, 0.4) is 0 Å². The maximum absolute atomic E-state index is 12.2. The molecule has 0 fully saturated rings. The van der Waals surface area contributed by atoms with Crippen molar-refractivity contribution >= 4 is 28.9 Å². The van der Waals surface area contributed by atoms with Crippen molar-refractivity contribution in [2.24, 2.45) is 0 Å². The van der Waals surface area contributed by atoms with E-state index in [1.165, 1.54) is 0 Å². The molecule has 6 heteroatoms. The van der Waals surface area contributed by atoms with Gasteiger partial charge in [0.1, 0.15) is 5.75 Å². The van der Waals surface area contributed by atoms with Crippen molar-refractivity contribution in [1.29, 1.82) is 0 Å². The largest absolute Gasteiger partial charge is 0.477 e. The number of carbonyl (C=O) groups is 1. The summed E-state index contributed by atoms with van der Waals surface area (Å²) in [6, 6.07) is 10.9. The van der Waals surface area contributed by atoms with Gasteiger partial charge in [0.2, 0.25) is 0 Å². The molecular formula is C14H12ClN3O2. The number of nitrogens with zero attached hydrogens (tertiary/aromatic N) is 1. The molecule has 1 aliphatic rings. The predicted octanol–water partition coefficient (Wildman–Crippen LogP) is 2.55. The molecule has 2 heterocycles. The minimum absolute atomic E-state index is 0.255. The highest BCUT2D eigenvalue weighted by Gasteiger charge is 2.26. The van der Waals surface area contributed by atoms with Crippen LogP contribution in [0.25, 0.3) is 0 Å². The highest BCUT2D eigenvalue weighted by atomic mass is 35.5. The molecule has 20 heavy (non-hydrogen) atoms. The van der Waals surface area contributed by atoms with E-state index in [0.29, 0.717) is 18.0 Å². The Balaban J connectivity index is 1.72. The van der Waals surface area contributed by atoms with Crippen molar-refractivity contribution in [2.45, 2.75) is 6.10 Å². The zero-order valence-corrected chi connectivity index (χ0v) is 11.2. The number of rotatable bonds is 2. The molecule has 1 aliphatic heterocycles. The molecule has 1 aromatic carbocycles. The third-order valence-corrected chi connectivity index (χ3v) is 3.24. The van der Waals surface area contributed by atoms with Crippen LogP contribution in [0.5, 0.6) is 5.75 Å². The summed E-state index contributed by atoms with van der Waals surface area (Å²) in [4.78, 5) is 16.1. The summed E-state index contributed by atoms with van der Waals surface area (Å²) in [6.07, 6.45) is 0.952. The summed E-state index contributed by atoms with van der Waals surface area (Å²) < 4.78 is 5.67. The number of fused-ring (bicyclic) bond motifs is 1. The lowest BCUT2D eigenvalue weighted by molar-refractivity contribution is -0.122. The van der Waals surface area contributed by atoms with Crippen LogP contribution in [0.1, 0.15) is 0 Å². The Labute approximate surface area is 120 Å². The Hall–Kier alpha value is -2.27. The van der Waals surface area contributed by atoms with Crippen LogP contribution in [0.2, 0.25) is 5.15 Å². The first kappa shape index (κ1) is 12.7. The SMILES string of the molecule is O=C(Nc1cccnc1Cl)C1CNc2ccccc2O1. The molecule has 0 aliphatic carbocycles. The van der Waals surface area contributed by atoms with Crippen LogP contribution in [0.4, 0.5) is 11.4 Å². The van der Waals surface area contributed by atoms with Gasteiger partial charge in [0, 0.05) is 6.20 Å². The van der Waals surface area contributed by atoms with Gasteiger partial charge >= 0.3 is 0 Å². The Morgan fingerprint density at radius 1 is 1.35 bits per heavy atom. The third-order valence-electron chi connectivity index (χ3n) is 2.94. The van der Waals surface area contributed by atoms with Gasteiger partial charge in [-0.3, -0.25) is 4.79 Å².